The second-order valence-electron chi connectivity index (χ2n) is 4.95. The molecule has 0 radical (unpaired) electrons. The monoisotopic (exact) mass is 294 g/mol. The lowest BCUT2D eigenvalue weighted by molar-refractivity contribution is 0.647. The zero-order valence-corrected chi connectivity index (χ0v) is 12.0. The molecule has 0 atom stereocenters. The Kier molecular flexibility index (Phi) is 2.84. The first kappa shape index (κ1) is 11.5. The van der Waals surface area contributed by atoms with Crippen molar-refractivity contribution in [1.82, 2.24) is 18.1 Å². The molecule has 100 valence electrons. The highest BCUT2D eigenvalue weighted by Gasteiger charge is 2.29. The van der Waals surface area contributed by atoms with E-state index in [4.69, 9.17) is 0 Å². The lowest BCUT2D eigenvalue weighted by atomic mass is 10.3. The Labute approximate surface area is 119 Å². The van der Waals surface area contributed by atoms with Crippen molar-refractivity contribution in [3.05, 3.63) is 12.0 Å². The van der Waals surface area contributed by atoms with Crippen LogP contribution in [-0.2, 0) is 0 Å². The maximum Gasteiger partial charge on any atom is 0.205 e. The van der Waals surface area contributed by atoms with Gasteiger partial charge in [0.2, 0.25) is 5.13 Å². The number of rotatable bonds is 3. The van der Waals surface area contributed by atoms with E-state index in [2.05, 4.69) is 27.9 Å². The average molecular weight is 294 g/mol. The summed E-state index contributed by atoms with van der Waals surface area (Å²) in [5.41, 5.74) is 0. The first-order chi connectivity index (χ1) is 9.40. The Morgan fingerprint density at radius 1 is 1.05 bits per heavy atom. The molecule has 0 unspecified atom stereocenters. The molecule has 2 fully saturated rings. The van der Waals surface area contributed by atoms with Gasteiger partial charge in [-0.2, -0.15) is 13.1 Å². The van der Waals surface area contributed by atoms with Crippen LogP contribution in [0.25, 0.3) is 0 Å². The molecule has 0 spiro atoms. The maximum atomic E-state index is 4.67. The van der Waals surface area contributed by atoms with E-state index in [1.807, 2.05) is 6.20 Å². The van der Waals surface area contributed by atoms with Crippen LogP contribution < -0.4 is 9.80 Å². The van der Waals surface area contributed by atoms with Gasteiger partial charge in [-0.1, -0.05) is 0 Å². The molecular weight excluding hydrogens is 280 g/mol. The quantitative estimate of drug-likeness (QED) is 0.857. The summed E-state index contributed by atoms with van der Waals surface area (Å²) in [5, 5.41) is 1.08. The number of nitrogens with zero attached hydrogens (tertiary/aromatic N) is 6. The van der Waals surface area contributed by atoms with Crippen LogP contribution in [0.4, 0.5) is 10.9 Å². The maximum absolute atomic E-state index is 4.67. The summed E-state index contributed by atoms with van der Waals surface area (Å²) < 4.78 is 12.8. The van der Waals surface area contributed by atoms with Crippen molar-refractivity contribution in [3.63, 3.8) is 0 Å². The van der Waals surface area contributed by atoms with Crippen LogP contribution in [0.2, 0.25) is 0 Å². The van der Waals surface area contributed by atoms with Crippen LogP contribution in [-0.4, -0.2) is 44.3 Å². The molecule has 2 aromatic rings. The van der Waals surface area contributed by atoms with Crippen LogP contribution in [0, 0.1) is 0 Å². The lowest BCUT2D eigenvalue weighted by Gasteiger charge is -2.34. The van der Waals surface area contributed by atoms with E-state index in [-0.39, 0.29) is 0 Å². The number of hydrogen-bond acceptors (Lipinski definition) is 8. The summed E-state index contributed by atoms with van der Waals surface area (Å²) >= 11 is 2.81. The van der Waals surface area contributed by atoms with Gasteiger partial charge in [0.25, 0.3) is 0 Å². The van der Waals surface area contributed by atoms with Crippen molar-refractivity contribution < 1.29 is 0 Å². The third-order valence-electron chi connectivity index (χ3n) is 3.60. The van der Waals surface area contributed by atoms with E-state index >= 15 is 0 Å². The van der Waals surface area contributed by atoms with Crippen LogP contribution in [0.5, 0.6) is 0 Å². The molecule has 2 aliphatic rings. The molecule has 0 N–H and O–H groups in total. The minimum atomic E-state index is 0.646. The normalized spacial score (nSPS) is 20.0. The molecule has 3 heterocycles. The van der Waals surface area contributed by atoms with E-state index < -0.39 is 0 Å². The molecule has 4 rings (SSSR count). The van der Waals surface area contributed by atoms with Gasteiger partial charge in [0.15, 0.2) is 5.82 Å². The fourth-order valence-electron chi connectivity index (χ4n) is 2.29. The third kappa shape index (κ3) is 2.30. The zero-order chi connectivity index (χ0) is 12.7. The highest BCUT2D eigenvalue weighted by atomic mass is 32.1. The molecule has 19 heavy (non-hydrogen) atoms. The SMILES string of the molecule is c1nsnc1N1CCN(c2nc(C3CC3)ns2)CC1. The van der Waals surface area contributed by atoms with Crippen molar-refractivity contribution in [2.24, 2.45) is 0 Å². The number of anilines is 2. The second kappa shape index (κ2) is 4.68. The first-order valence-corrected chi connectivity index (χ1v) is 8.01. The van der Waals surface area contributed by atoms with E-state index in [1.54, 1.807) is 11.5 Å². The Morgan fingerprint density at radius 2 is 1.84 bits per heavy atom. The molecule has 0 bridgehead atoms. The van der Waals surface area contributed by atoms with Crippen LogP contribution in [0.15, 0.2) is 6.20 Å². The number of hydrogen-bond donors (Lipinski definition) is 0. The van der Waals surface area contributed by atoms with Crippen molar-refractivity contribution in [2.75, 3.05) is 36.0 Å². The Morgan fingerprint density at radius 3 is 2.53 bits per heavy atom. The van der Waals surface area contributed by atoms with Gasteiger partial charge in [0.1, 0.15) is 5.82 Å². The molecule has 1 aliphatic heterocycles. The molecule has 1 aliphatic carbocycles. The van der Waals surface area contributed by atoms with Gasteiger partial charge < -0.3 is 9.80 Å². The van der Waals surface area contributed by atoms with Crippen molar-refractivity contribution in [2.45, 2.75) is 18.8 Å². The summed E-state index contributed by atoms with van der Waals surface area (Å²) in [6, 6.07) is 0. The fraction of sp³-hybridized carbons (Fsp3) is 0.636. The van der Waals surface area contributed by atoms with Gasteiger partial charge in [-0.05, 0) is 12.8 Å². The minimum absolute atomic E-state index is 0.646. The van der Waals surface area contributed by atoms with Crippen molar-refractivity contribution in [3.8, 4) is 0 Å². The Balaban J connectivity index is 1.41. The van der Waals surface area contributed by atoms with Crippen molar-refractivity contribution >= 4 is 34.2 Å². The fourth-order valence-corrected chi connectivity index (χ4v) is 3.52. The molecule has 6 nitrogen and oxygen atoms in total. The van der Waals surface area contributed by atoms with Crippen LogP contribution >= 0.6 is 23.3 Å². The van der Waals surface area contributed by atoms with E-state index in [0.29, 0.717) is 5.92 Å². The standard InChI is InChI=1S/C11H14N6S2/c1-2-8(1)10-13-11(18-15-10)17-5-3-16(4-6-17)9-7-12-19-14-9/h7-8H,1-6H2. The molecule has 2 aromatic heterocycles. The average Bonchev–Trinajstić information content (AvgIpc) is 2.97. The highest BCUT2D eigenvalue weighted by Crippen LogP contribution is 2.39. The molecule has 0 amide bonds. The summed E-state index contributed by atoms with van der Waals surface area (Å²) in [4.78, 5) is 9.29. The molecule has 8 heteroatoms. The predicted molar refractivity (Wildman–Crippen MR) is 76.2 cm³/mol. The van der Waals surface area contributed by atoms with Crippen molar-refractivity contribution in [1.29, 1.82) is 0 Å². The number of piperazine rings is 1. The van der Waals surface area contributed by atoms with Gasteiger partial charge in [-0.25, -0.2) is 4.98 Å². The van der Waals surface area contributed by atoms with Gasteiger partial charge in [0, 0.05) is 43.6 Å². The molecule has 1 saturated heterocycles. The Hall–Kier alpha value is -1.28. The topological polar surface area (TPSA) is 58.0 Å². The summed E-state index contributed by atoms with van der Waals surface area (Å²) in [6.45, 7) is 3.92. The molecule has 0 aromatic carbocycles. The van der Waals surface area contributed by atoms with Crippen LogP contribution in [0.3, 0.4) is 0 Å². The minimum Gasteiger partial charge on any atom is -0.351 e. The number of aromatic nitrogens is 4. The third-order valence-corrected chi connectivity index (χ3v) is 4.86. The molecule has 1 saturated carbocycles. The molecular formula is C11H14N6S2. The lowest BCUT2D eigenvalue weighted by Crippen LogP contribution is -2.46. The van der Waals surface area contributed by atoms with E-state index in [0.717, 1.165) is 43.0 Å². The zero-order valence-electron chi connectivity index (χ0n) is 10.4. The summed E-state index contributed by atoms with van der Waals surface area (Å²) in [5.74, 6) is 2.71. The Bertz CT molecular complexity index is 541. The van der Waals surface area contributed by atoms with E-state index in [1.165, 1.54) is 24.6 Å². The van der Waals surface area contributed by atoms with Gasteiger partial charge >= 0.3 is 0 Å². The van der Waals surface area contributed by atoms with Gasteiger partial charge in [-0.15, -0.1) is 0 Å². The second-order valence-corrected chi connectivity index (χ2v) is 6.24. The smallest absolute Gasteiger partial charge is 0.205 e. The van der Waals surface area contributed by atoms with Gasteiger partial charge in [-0.3, -0.25) is 0 Å². The summed E-state index contributed by atoms with van der Waals surface area (Å²) in [7, 11) is 0. The van der Waals surface area contributed by atoms with Gasteiger partial charge in [0.05, 0.1) is 17.9 Å². The van der Waals surface area contributed by atoms with Crippen LogP contribution in [0.1, 0.15) is 24.6 Å². The first-order valence-electron chi connectivity index (χ1n) is 6.51. The summed E-state index contributed by atoms with van der Waals surface area (Å²) in [6.07, 6.45) is 4.37. The van der Waals surface area contributed by atoms with E-state index in [9.17, 15) is 0 Å². The largest absolute Gasteiger partial charge is 0.351 e. The predicted octanol–water partition coefficient (Wildman–Crippen LogP) is 1.59. The highest BCUT2D eigenvalue weighted by molar-refractivity contribution is 7.09.